The van der Waals surface area contributed by atoms with Gasteiger partial charge in [-0.05, 0) is 43.5 Å². The summed E-state index contributed by atoms with van der Waals surface area (Å²) in [4.78, 5) is 15.3. The second-order valence-corrected chi connectivity index (χ2v) is 6.44. The standard InChI is InChI=1S/C21H23N3O3.ClH/c1-15(25)19(24-13-18(21(22)26)23-14-24)12-11-16-7-5-6-10-20(16)27-17-8-3-2-4-9-17;/h2-10,13-15,19,25H,11-12H2,1H3,(H2,22,26);1H/t15-,19+;/m0./s1. The van der Waals surface area contributed by atoms with Gasteiger partial charge in [-0.25, -0.2) is 4.98 Å². The van der Waals surface area contributed by atoms with Gasteiger partial charge < -0.3 is 20.1 Å². The van der Waals surface area contributed by atoms with Crippen molar-refractivity contribution >= 4 is 18.3 Å². The highest BCUT2D eigenvalue weighted by Crippen LogP contribution is 2.28. The summed E-state index contributed by atoms with van der Waals surface area (Å²) in [6.45, 7) is 1.72. The van der Waals surface area contributed by atoms with Crippen LogP contribution in [0.2, 0.25) is 0 Å². The molecule has 0 saturated carbocycles. The van der Waals surface area contributed by atoms with Gasteiger partial charge in [0.15, 0.2) is 0 Å². The molecule has 2 aromatic carbocycles. The molecule has 0 unspecified atom stereocenters. The summed E-state index contributed by atoms with van der Waals surface area (Å²) in [7, 11) is 0. The lowest BCUT2D eigenvalue weighted by Gasteiger charge is -2.22. The van der Waals surface area contributed by atoms with Gasteiger partial charge in [-0.3, -0.25) is 4.79 Å². The molecule has 3 N–H and O–H groups in total. The van der Waals surface area contributed by atoms with Crippen LogP contribution in [0.25, 0.3) is 0 Å². The maximum Gasteiger partial charge on any atom is 0.268 e. The van der Waals surface area contributed by atoms with Crippen LogP contribution in [0.4, 0.5) is 0 Å². The van der Waals surface area contributed by atoms with Crippen molar-refractivity contribution in [2.45, 2.75) is 31.9 Å². The quantitative estimate of drug-likeness (QED) is 0.601. The molecule has 2 atom stereocenters. The molecule has 148 valence electrons. The zero-order valence-electron chi connectivity index (χ0n) is 15.6. The minimum Gasteiger partial charge on any atom is -0.457 e. The zero-order valence-corrected chi connectivity index (χ0v) is 16.4. The first-order valence-electron chi connectivity index (χ1n) is 8.86. The predicted octanol–water partition coefficient (Wildman–Crippen LogP) is 3.75. The number of carbonyl (C=O) groups excluding carboxylic acids is 1. The van der Waals surface area contributed by atoms with Gasteiger partial charge >= 0.3 is 0 Å². The van der Waals surface area contributed by atoms with Crippen LogP contribution >= 0.6 is 12.4 Å². The minimum atomic E-state index is -0.609. The molecule has 0 fully saturated rings. The van der Waals surface area contributed by atoms with Gasteiger partial charge in [0.05, 0.1) is 18.5 Å². The van der Waals surface area contributed by atoms with Crippen molar-refractivity contribution in [2.24, 2.45) is 5.73 Å². The summed E-state index contributed by atoms with van der Waals surface area (Å²) in [6, 6.07) is 17.2. The first-order chi connectivity index (χ1) is 13.0. The molecule has 0 aliphatic carbocycles. The van der Waals surface area contributed by atoms with Crippen LogP contribution in [-0.4, -0.2) is 26.7 Å². The first-order valence-corrected chi connectivity index (χ1v) is 8.86. The van der Waals surface area contributed by atoms with Crippen molar-refractivity contribution < 1.29 is 14.6 Å². The van der Waals surface area contributed by atoms with Crippen molar-refractivity contribution in [1.82, 2.24) is 9.55 Å². The number of hydrogen-bond acceptors (Lipinski definition) is 4. The number of para-hydroxylation sites is 2. The van der Waals surface area contributed by atoms with E-state index >= 15 is 0 Å². The third-order valence-corrected chi connectivity index (χ3v) is 4.45. The van der Waals surface area contributed by atoms with E-state index in [1.54, 1.807) is 17.7 Å². The highest BCUT2D eigenvalue weighted by Gasteiger charge is 2.19. The van der Waals surface area contributed by atoms with E-state index in [9.17, 15) is 9.90 Å². The Balaban J connectivity index is 0.00000280. The second kappa shape index (κ2) is 9.92. The fourth-order valence-corrected chi connectivity index (χ4v) is 3.01. The molecule has 0 bridgehead atoms. The van der Waals surface area contributed by atoms with Gasteiger partial charge in [0.2, 0.25) is 0 Å². The molecule has 1 amide bonds. The van der Waals surface area contributed by atoms with Gasteiger partial charge in [0.25, 0.3) is 5.91 Å². The lowest BCUT2D eigenvalue weighted by molar-refractivity contribution is 0.0994. The minimum absolute atomic E-state index is 0. The fraction of sp³-hybridized carbons (Fsp3) is 0.238. The SMILES string of the molecule is C[C@H](O)[C@@H](CCc1ccccc1Oc1ccccc1)n1cnc(C(N)=O)c1.Cl. The largest absolute Gasteiger partial charge is 0.457 e. The van der Waals surface area contributed by atoms with E-state index in [1.165, 1.54) is 6.33 Å². The second-order valence-electron chi connectivity index (χ2n) is 6.44. The summed E-state index contributed by atoms with van der Waals surface area (Å²) in [5.74, 6) is 0.980. The Morgan fingerprint density at radius 1 is 1.18 bits per heavy atom. The van der Waals surface area contributed by atoms with Crippen molar-refractivity contribution in [3.05, 3.63) is 78.4 Å². The zero-order chi connectivity index (χ0) is 19.2. The number of nitrogens with zero attached hydrogens (tertiary/aromatic N) is 2. The monoisotopic (exact) mass is 401 g/mol. The number of imidazole rings is 1. The summed E-state index contributed by atoms with van der Waals surface area (Å²) in [6.07, 6.45) is 3.85. The number of halogens is 1. The molecule has 6 nitrogen and oxygen atoms in total. The Morgan fingerprint density at radius 3 is 2.50 bits per heavy atom. The number of amides is 1. The van der Waals surface area contributed by atoms with Crippen LogP contribution in [0.15, 0.2) is 67.1 Å². The van der Waals surface area contributed by atoms with Crippen LogP contribution in [0.1, 0.15) is 35.4 Å². The molecular weight excluding hydrogens is 378 g/mol. The van der Waals surface area contributed by atoms with Crippen molar-refractivity contribution in [3.8, 4) is 11.5 Å². The molecule has 0 aliphatic heterocycles. The third kappa shape index (κ3) is 5.34. The molecule has 7 heteroatoms. The van der Waals surface area contributed by atoms with Crippen LogP contribution in [0.5, 0.6) is 11.5 Å². The molecule has 1 heterocycles. The Morgan fingerprint density at radius 2 is 1.86 bits per heavy atom. The summed E-state index contributed by atoms with van der Waals surface area (Å²) < 4.78 is 7.74. The van der Waals surface area contributed by atoms with E-state index in [4.69, 9.17) is 10.5 Å². The molecule has 3 aromatic rings. The first kappa shape index (κ1) is 21.5. The normalized spacial score (nSPS) is 12.6. The van der Waals surface area contributed by atoms with Crippen molar-refractivity contribution in [1.29, 1.82) is 0 Å². The average Bonchev–Trinajstić information content (AvgIpc) is 3.14. The molecule has 0 spiro atoms. The van der Waals surface area contributed by atoms with Crippen LogP contribution in [-0.2, 0) is 6.42 Å². The van der Waals surface area contributed by atoms with E-state index in [0.29, 0.717) is 12.8 Å². The number of ether oxygens (including phenoxy) is 1. The highest BCUT2D eigenvalue weighted by molar-refractivity contribution is 5.90. The number of hydrogen-bond donors (Lipinski definition) is 2. The predicted molar refractivity (Wildman–Crippen MR) is 110 cm³/mol. The Labute approximate surface area is 170 Å². The maximum atomic E-state index is 11.3. The molecule has 28 heavy (non-hydrogen) atoms. The van der Waals surface area contributed by atoms with Gasteiger partial charge in [0, 0.05) is 6.20 Å². The number of benzene rings is 2. The lowest BCUT2D eigenvalue weighted by atomic mass is 10.0. The van der Waals surface area contributed by atoms with Gasteiger partial charge in [0.1, 0.15) is 17.2 Å². The summed E-state index contributed by atoms with van der Waals surface area (Å²) >= 11 is 0. The Kier molecular flexibility index (Phi) is 7.61. The Bertz CT molecular complexity index is 897. The van der Waals surface area contributed by atoms with E-state index in [-0.39, 0.29) is 24.1 Å². The van der Waals surface area contributed by atoms with E-state index in [0.717, 1.165) is 17.1 Å². The van der Waals surface area contributed by atoms with Crippen molar-refractivity contribution in [2.75, 3.05) is 0 Å². The highest BCUT2D eigenvalue weighted by atomic mass is 35.5. The molecule has 1 aromatic heterocycles. The van der Waals surface area contributed by atoms with E-state index < -0.39 is 12.0 Å². The Hall–Kier alpha value is -2.83. The maximum absolute atomic E-state index is 11.3. The number of aromatic nitrogens is 2. The lowest BCUT2D eigenvalue weighted by Crippen LogP contribution is -2.21. The molecule has 0 radical (unpaired) electrons. The van der Waals surface area contributed by atoms with Crippen molar-refractivity contribution in [3.63, 3.8) is 0 Å². The molecular formula is C21H24ClN3O3. The number of aryl methyl sites for hydroxylation is 1. The van der Waals surface area contributed by atoms with E-state index in [2.05, 4.69) is 4.98 Å². The topological polar surface area (TPSA) is 90.4 Å². The number of nitrogens with two attached hydrogens (primary N) is 1. The molecule has 0 saturated heterocycles. The molecule has 3 rings (SSSR count). The molecule has 0 aliphatic rings. The number of primary amides is 1. The van der Waals surface area contributed by atoms with Gasteiger partial charge in [-0.1, -0.05) is 36.4 Å². The van der Waals surface area contributed by atoms with Gasteiger partial charge in [-0.2, -0.15) is 0 Å². The number of aliphatic hydroxyl groups is 1. The smallest absolute Gasteiger partial charge is 0.268 e. The third-order valence-electron chi connectivity index (χ3n) is 4.45. The number of carbonyl (C=O) groups is 1. The van der Waals surface area contributed by atoms with Crippen LogP contribution < -0.4 is 10.5 Å². The number of aliphatic hydroxyl groups excluding tert-OH is 1. The summed E-state index contributed by atoms with van der Waals surface area (Å²) in [5.41, 5.74) is 6.50. The van der Waals surface area contributed by atoms with E-state index in [1.807, 2.05) is 54.6 Å². The van der Waals surface area contributed by atoms with Gasteiger partial charge in [-0.15, -0.1) is 12.4 Å². The number of rotatable bonds is 8. The average molecular weight is 402 g/mol. The summed E-state index contributed by atoms with van der Waals surface area (Å²) in [5, 5.41) is 10.2. The van der Waals surface area contributed by atoms with Crippen LogP contribution in [0, 0.1) is 0 Å². The fourth-order valence-electron chi connectivity index (χ4n) is 3.01. The van der Waals surface area contributed by atoms with Crippen LogP contribution in [0.3, 0.4) is 0 Å².